The number of nitrogens with zero attached hydrogens (tertiary/aromatic N) is 1. The summed E-state index contributed by atoms with van der Waals surface area (Å²) in [5, 5.41) is 0. The molecule has 0 aliphatic carbocycles. The summed E-state index contributed by atoms with van der Waals surface area (Å²) in [6.45, 7) is 4.65. The fourth-order valence-electron chi connectivity index (χ4n) is 0.968. The number of carbonyl (C=O) groups excluding carboxylic acids is 1. The van der Waals surface area contributed by atoms with Gasteiger partial charge in [-0.15, -0.1) is 0 Å². The van der Waals surface area contributed by atoms with Gasteiger partial charge in [0.2, 0.25) is 0 Å². The first-order chi connectivity index (χ1) is 5.45. The number of rotatable bonds is 5. The SMILES string of the molecule is CC(C)C(=O)[C@@H](N)CCN(C)C. The van der Waals surface area contributed by atoms with Crippen LogP contribution in [0.25, 0.3) is 0 Å². The molecule has 72 valence electrons. The fraction of sp³-hybridized carbons (Fsp3) is 0.889. The molecule has 0 spiro atoms. The molecule has 0 rings (SSSR count). The minimum Gasteiger partial charge on any atom is -0.321 e. The number of Topliss-reactive ketones (excluding diaryl/α,β-unsaturated/α-hetero) is 1. The minimum atomic E-state index is -0.285. The zero-order chi connectivity index (χ0) is 9.72. The van der Waals surface area contributed by atoms with Gasteiger partial charge in [0.1, 0.15) is 0 Å². The van der Waals surface area contributed by atoms with E-state index in [1.54, 1.807) is 0 Å². The largest absolute Gasteiger partial charge is 0.321 e. The fourth-order valence-corrected chi connectivity index (χ4v) is 0.968. The molecule has 0 aromatic heterocycles. The molecule has 0 aromatic rings. The molecule has 0 aromatic carbocycles. The van der Waals surface area contributed by atoms with Crippen molar-refractivity contribution >= 4 is 5.78 Å². The van der Waals surface area contributed by atoms with Gasteiger partial charge in [-0.1, -0.05) is 13.8 Å². The normalized spacial score (nSPS) is 13.9. The van der Waals surface area contributed by atoms with Crippen molar-refractivity contribution in [2.45, 2.75) is 26.3 Å². The van der Waals surface area contributed by atoms with Gasteiger partial charge in [-0.3, -0.25) is 4.79 Å². The highest BCUT2D eigenvalue weighted by Gasteiger charge is 2.16. The van der Waals surface area contributed by atoms with Crippen molar-refractivity contribution in [3.05, 3.63) is 0 Å². The Hall–Kier alpha value is -0.410. The molecule has 3 nitrogen and oxygen atoms in total. The number of ketones is 1. The van der Waals surface area contributed by atoms with Gasteiger partial charge in [0.25, 0.3) is 0 Å². The van der Waals surface area contributed by atoms with E-state index in [0.29, 0.717) is 0 Å². The molecule has 0 aliphatic heterocycles. The molecular formula is C9H20N2O. The highest BCUT2D eigenvalue weighted by atomic mass is 16.1. The summed E-state index contributed by atoms with van der Waals surface area (Å²) in [5.74, 6) is 0.221. The molecular weight excluding hydrogens is 152 g/mol. The minimum absolute atomic E-state index is 0.0576. The number of nitrogens with two attached hydrogens (primary N) is 1. The van der Waals surface area contributed by atoms with Crippen molar-refractivity contribution in [2.24, 2.45) is 11.7 Å². The van der Waals surface area contributed by atoms with Crippen LogP contribution >= 0.6 is 0 Å². The van der Waals surface area contributed by atoms with E-state index >= 15 is 0 Å². The predicted molar refractivity (Wildman–Crippen MR) is 51.0 cm³/mol. The number of hydrogen-bond donors (Lipinski definition) is 1. The molecule has 0 radical (unpaired) electrons. The Morgan fingerprint density at radius 2 is 1.92 bits per heavy atom. The molecule has 1 atom stereocenters. The van der Waals surface area contributed by atoms with Crippen LogP contribution in [0.4, 0.5) is 0 Å². The third-order valence-corrected chi connectivity index (χ3v) is 1.82. The summed E-state index contributed by atoms with van der Waals surface area (Å²) in [6, 6.07) is -0.285. The molecule has 0 unspecified atom stereocenters. The van der Waals surface area contributed by atoms with Gasteiger partial charge in [0.05, 0.1) is 6.04 Å². The van der Waals surface area contributed by atoms with Gasteiger partial charge in [-0.2, -0.15) is 0 Å². The quantitative estimate of drug-likeness (QED) is 0.656. The van der Waals surface area contributed by atoms with E-state index in [2.05, 4.69) is 0 Å². The zero-order valence-corrected chi connectivity index (χ0v) is 8.50. The van der Waals surface area contributed by atoms with Gasteiger partial charge >= 0.3 is 0 Å². The predicted octanol–water partition coefficient (Wildman–Crippen LogP) is 0.490. The maximum Gasteiger partial charge on any atom is 0.152 e. The van der Waals surface area contributed by atoms with Crippen LogP contribution < -0.4 is 5.73 Å². The van der Waals surface area contributed by atoms with Crippen LogP contribution in [0, 0.1) is 5.92 Å². The second kappa shape index (κ2) is 5.27. The molecule has 0 heterocycles. The first kappa shape index (κ1) is 11.6. The Balaban J connectivity index is 3.72. The first-order valence-electron chi connectivity index (χ1n) is 4.39. The zero-order valence-electron chi connectivity index (χ0n) is 8.50. The van der Waals surface area contributed by atoms with Crippen LogP contribution in [0.5, 0.6) is 0 Å². The Kier molecular flexibility index (Phi) is 5.09. The Labute approximate surface area is 74.9 Å². The summed E-state index contributed by atoms with van der Waals surface area (Å²) in [5.41, 5.74) is 5.69. The van der Waals surface area contributed by atoms with Gasteiger partial charge in [0.15, 0.2) is 5.78 Å². The lowest BCUT2D eigenvalue weighted by Crippen LogP contribution is -2.36. The molecule has 0 fully saturated rings. The van der Waals surface area contributed by atoms with Crippen molar-refractivity contribution in [3.8, 4) is 0 Å². The first-order valence-corrected chi connectivity index (χ1v) is 4.39. The van der Waals surface area contributed by atoms with Crippen LogP contribution in [0.3, 0.4) is 0 Å². The van der Waals surface area contributed by atoms with E-state index in [-0.39, 0.29) is 17.7 Å². The summed E-state index contributed by atoms with van der Waals surface area (Å²) in [7, 11) is 3.96. The van der Waals surface area contributed by atoms with Crippen molar-refractivity contribution in [3.63, 3.8) is 0 Å². The maximum atomic E-state index is 11.3. The average Bonchev–Trinajstić information content (AvgIpc) is 1.98. The standard InChI is InChI=1S/C9H20N2O/c1-7(2)9(12)8(10)5-6-11(3)4/h7-8H,5-6,10H2,1-4H3/t8-/m0/s1. The Morgan fingerprint density at radius 1 is 1.42 bits per heavy atom. The second-order valence-corrected chi connectivity index (χ2v) is 3.76. The number of carbonyl (C=O) groups is 1. The lowest BCUT2D eigenvalue weighted by molar-refractivity contribution is -0.123. The van der Waals surface area contributed by atoms with Gasteiger partial charge in [0, 0.05) is 5.92 Å². The summed E-state index contributed by atoms with van der Waals surface area (Å²) >= 11 is 0. The number of hydrogen-bond acceptors (Lipinski definition) is 3. The van der Waals surface area contributed by atoms with E-state index in [4.69, 9.17) is 5.73 Å². The van der Waals surface area contributed by atoms with Crippen LogP contribution in [-0.4, -0.2) is 37.4 Å². The lowest BCUT2D eigenvalue weighted by atomic mass is 10.0. The monoisotopic (exact) mass is 172 g/mol. The van der Waals surface area contributed by atoms with Crippen LogP contribution in [0.2, 0.25) is 0 Å². The molecule has 0 saturated carbocycles. The Morgan fingerprint density at radius 3 is 2.25 bits per heavy atom. The highest BCUT2D eigenvalue weighted by Crippen LogP contribution is 2.01. The van der Waals surface area contributed by atoms with E-state index < -0.39 is 0 Å². The summed E-state index contributed by atoms with van der Waals surface area (Å²) < 4.78 is 0. The highest BCUT2D eigenvalue weighted by molar-refractivity contribution is 5.85. The van der Waals surface area contributed by atoms with Crippen LogP contribution in [0.15, 0.2) is 0 Å². The molecule has 12 heavy (non-hydrogen) atoms. The summed E-state index contributed by atoms with van der Waals surface area (Å²) in [4.78, 5) is 13.3. The maximum absolute atomic E-state index is 11.3. The summed E-state index contributed by atoms with van der Waals surface area (Å²) in [6.07, 6.45) is 0.754. The van der Waals surface area contributed by atoms with Gasteiger partial charge in [-0.25, -0.2) is 0 Å². The lowest BCUT2D eigenvalue weighted by Gasteiger charge is -2.15. The van der Waals surface area contributed by atoms with E-state index in [1.165, 1.54) is 0 Å². The van der Waals surface area contributed by atoms with Gasteiger partial charge in [-0.05, 0) is 27.1 Å². The second-order valence-electron chi connectivity index (χ2n) is 3.76. The topological polar surface area (TPSA) is 46.3 Å². The van der Waals surface area contributed by atoms with E-state index in [1.807, 2.05) is 32.8 Å². The van der Waals surface area contributed by atoms with E-state index in [9.17, 15) is 4.79 Å². The molecule has 2 N–H and O–H groups in total. The van der Waals surface area contributed by atoms with Crippen LogP contribution in [0.1, 0.15) is 20.3 Å². The Bertz CT molecular complexity index is 143. The van der Waals surface area contributed by atoms with Crippen molar-refractivity contribution < 1.29 is 4.79 Å². The smallest absolute Gasteiger partial charge is 0.152 e. The average molecular weight is 172 g/mol. The van der Waals surface area contributed by atoms with Crippen molar-refractivity contribution in [1.29, 1.82) is 0 Å². The van der Waals surface area contributed by atoms with Crippen molar-refractivity contribution in [2.75, 3.05) is 20.6 Å². The molecule has 3 heteroatoms. The third kappa shape index (κ3) is 4.46. The van der Waals surface area contributed by atoms with E-state index in [0.717, 1.165) is 13.0 Å². The molecule has 0 aliphatic rings. The molecule has 0 saturated heterocycles. The van der Waals surface area contributed by atoms with Crippen molar-refractivity contribution in [1.82, 2.24) is 4.90 Å². The van der Waals surface area contributed by atoms with Crippen LogP contribution in [-0.2, 0) is 4.79 Å². The van der Waals surface area contributed by atoms with Gasteiger partial charge < -0.3 is 10.6 Å². The third-order valence-electron chi connectivity index (χ3n) is 1.82. The molecule has 0 bridgehead atoms. The molecule has 0 amide bonds.